The van der Waals surface area contributed by atoms with Crippen LogP contribution in [0, 0.1) is 17.2 Å². The van der Waals surface area contributed by atoms with Crippen LogP contribution < -0.4 is 10.1 Å². The van der Waals surface area contributed by atoms with Gasteiger partial charge in [0.1, 0.15) is 11.7 Å². The van der Waals surface area contributed by atoms with Crippen LogP contribution in [-0.4, -0.2) is 18.0 Å². The van der Waals surface area contributed by atoms with Crippen LogP contribution in [0.3, 0.4) is 0 Å². The van der Waals surface area contributed by atoms with Crippen molar-refractivity contribution in [1.29, 1.82) is 5.26 Å². The van der Waals surface area contributed by atoms with Gasteiger partial charge >= 0.3 is 0 Å². The van der Waals surface area contributed by atoms with Crippen molar-refractivity contribution < 1.29 is 9.53 Å². The smallest absolute Gasteiger partial charge is 0.242 e. The van der Waals surface area contributed by atoms with Crippen LogP contribution in [0.4, 0.5) is 5.69 Å². The SMILES string of the molecule is COc1ccc(NC(=O)[C@H](C#N)Cc2cccnc2)cc1. The number of nitrogens with zero attached hydrogens (tertiary/aromatic N) is 2. The Hall–Kier alpha value is -2.87. The number of rotatable bonds is 5. The predicted molar refractivity (Wildman–Crippen MR) is 78.7 cm³/mol. The van der Waals surface area contributed by atoms with Gasteiger partial charge in [0, 0.05) is 18.1 Å². The van der Waals surface area contributed by atoms with Gasteiger partial charge < -0.3 is 10.1 Å². The van der Waals surface area contributed by atoms with E-state index in [-0.39, 0.29) is 5.91 Å². The lowest BCUT2D eigenvalue weighted by atomic mass is 10.0. The Kier molecular flexibility index (Phi) is 4.89. The zero-order chi connectivity index (χ0) is 15.1. The van der Waals surface area contributed by atoms with E-state index in [0.717, 1.165) is 5.56 Å². The molecule has 0 bridgehead atoms. The van der Waals surface area contributed by atoms with Crippen molar-refractivity contribution in [2.45, 2.75) is 6.42 Å². The summed E-state index contributed by atoms with van der Waals surface area (Å²) in [5.41, 5.74) is 1.49. The number of carbonyl (C=O) groups excluding carboxylic acids is 1. The van der Waals surface area contributed by atoms with Gasteiger partial charge in [0.15, 0.2) is 0 Å². The lowest BCUT2D eigenvalue weighted by molar-refractivity contribution is -0.118. The minimum absolute atomic E-state index is 0.327. The van der Waals surface area contributed by atoms with E-state index in [9.17, 15) is 4.79 Å². The van der Waals surface area contributed by atoms with Crippen molar-refractivity contribution >= 4 is 11.6 Å². The molecule has 0 unspecified atom stereocenters. The van der Waals surface area contributed by atoms with Gasteiger partial charge in [-0.25, -0.2) is 0 Å². The number of anilines is 1. The largest absolute Gasteiger partial charge is 0.497 e. The molecule has 0 spiro atoms. The number of nitriles is 1. The van der Waals surface area contributed by atoms with Crippen molar-refractivity contribution in [2.24, 2.45) is 5.92 Å². The van der Waals surface area contributed by atoms with Gasteiger partial charge in [-0.1, -0.05) is 6.07 Å². The summed E-state index contributed by atoms with van der Waals surface area (Å²) in [6.07, 6.45) is 3.65. The number of methoxy groups -OCH3 is 1. The summed E-state index contributed by atoms with van der Waals surface area (Å²) in [5, 5.41) is 11.9. The number of carbonyl (C=O) groups is 1. The molecule has 1 heterocycles. The lowest BCUT2D eigenvalue weighted by Crippen LogP contribution is -2.23. The standard InChI is InChI=1S/C16H15N3O2/c1-21-15-6-4-14(5-7-15)19-16(20)13(10-17)9-12-3-2-8-18-11-12/h2-8,11,13H,9H2,1H3,(H,19,20)/t13-/m0/s1. The summed E-state index contributed by atoms with van der Waals surface area (Å²) < 4.78 is 5.05. The lowest BCUT2D eigenvalue weighted by Gasteiger charge is -2.10. The second kappa shape index (κ2) is 7.06. The minimum Gasteiger partial charge on any atom is -0.497 e. The number of nitrogens with one attached hydrogen (secondary N) is 1. The van der Waals surface area contributed by atoms with Crippen molar-refractivity contribution in [2.75, 3.05) is 12.4 Å². The van der Waals surface area contributed by atoms with Crippen LogP contribution in [0.5, 0.6) is 5.75 Å². The first kappa shape index (κ1) is 14.5. The zero-order valence-corrected chi connectivity index (χ0v) is 11.6. The Bertz CT molecular complexity index is 633. The average Bonchev–Trinajstić information content (AvgIpc) is 2.54. The summed E-state index contributed by atoms with van der Waals surface area (Å²) in [5.74, 6) is -0.372. The molecule has 0 aliphatic heterocycles. The van der Waals surface area contributed by atoms with Crippen LogP contribution in [0.15, 0.2) is 48.8 Å². The summed E-state index contributed by atoms with van der Waals surface area (Å²) >= 11 is 0. The number of amides is 1. The molecule has 0 aliphatic carbocycles. The number of aromatic nitrogens is 1. The molecule has 21 heavy (non-hydrogen) atoms. The van der Waals surface area contributed by atoms with Crippen LogP contribution in [0.25, 0.3) is 0 Å². The molecule has 1 aromatic carbocycles. The van der Waals surface area contributed by atoms with Gasteiger partial charge in [-0.2, -0.15) is 5.26 Å². The molecule has 5 nitrogen and oxygen atoms in total. The second-order valence-electron chi connectivity index (χ2n) is 4.46. The highest BCUT2D eigenvalue weighted by molar-refractivity contribution is 5.94. The zero-order valence-electron chi connectivity index (χ0n) is 11.6. The molecule has 106 valence electrons. The summed E-state index contributed by atoms with van der Waals surface area (Å²) in [6, 6.07) is 12.6. The first-order valence-corrected chi connectivity index (χ1v) is 6.46. The summed E-state index contributed by atoms with van der Waals surface area (Å²) in [7, 11) is 1.58. The number of benzene rings is 1. The monoisotopic (exact) mass is 281 g/mol. The van der Waals surface area contributed by atoms with Gasteiger partial charge in [0.2, 0.25) is 5.91 Å². The first-order valence-electron chi connectivity index (χ1n) is 6.46. The summed E-state index contributed by atoms with van der Waals surface area (Å²) in [4.78, 5) is 16.1. The third-order valence-electron chi connectivity index (χ3n) is 2.99. The molecule has 0 radical (unpaired) electrons. The van der Waals surface area contributed by atoms with Gasteiger partial charge in [0.25, 0.3) is 0 Å². The Balaban J connectivity index is 2.01. The number of pyridine rings is 1. The molecular formula is C16H15N3O2. The van der Waals surface area contributed by atoms with Crippen LogP contribution in [0.1, 0.15) is 5.56 Å². The molecule has 1 aromatic heterocycles. The molecule has 0 fully saturated rings. The van der Waals surface area contributed by atoms with Crippen LogP contribution in [0.2, 0.25) is 0 Å². The Morgan fingerprint density at radius 1 is 1.38 bits per heavy atom. The third-order valence-corrected chi connectivity index (χ3v) is 2.99. The Morgan fingerprint density at radius 3 is 2.71 bits per heavy atom. The molecule has 1 N–H and O–H groups in total. The van der Waals surface area contributed by atoms with E-state index >= 15 is 0 Å². The summed E-state index contributed by atoms with van der Waals surface area (Å²) in [6.45, 7) is 0. The molecule has 5 heteroatoms. The molecule has 2 rings (SSSR count). The molecular weight excluding hydrogens is 266 g/mol. The molecule has 0 aliphatic rings. The topological polar surface area (TPSA) is 75.0 Å². The van der Waals surface area contributed by atoms with E-state index < -0.39 is 5.92 Å². The second-order valence-corrected chi connectivity index (χ2v) is 4.46. The fourth-order valence-electron chi connectivity index (χ4n) is 1.86. The van der Waals surface area contributed by atoms with Crippen molar-refractivity contribution in [1.82, 2.24) is 4.98 Å². The Labute approximate surface area is 123 Å². The first-order chi connectivity index (χ1) is 10.2. The maximum absolute atomic E-state index is 12.1. The molecule has 0 saturated carbocycles. The van der Waals surface area contributed by atoms with Gasteiger partial charge in [-0.05, 0) is 42.3 Å². The van der Waals surface area contributed by atoms with Crippen molar-refractivity contribution in [3.8, 4) is 11.8 Å². The van der Waals surface area contributed by atoms with E-state index in [4.69, 9.17) is 10.00 Å². The average molecular weight is 281 g/mol. The molecule has 1 atom stereocenters. The van der Waals surface area contributed by atoms with Crippen LogP contribution >= 0.6 is 0 Å². The predicted octanol–water partition coefficient (Wildman–Crippen LogP) is 2.41. The van der Waals surface area contributed by atoms with Crippen molar-refractivity contribution in [3.05, 3.63) is 54.4 Å². The fourth-order valence-corrected chi connectivity index (χ4v) is 1.86. The van der Waals surface area contributed by atoms with E-state index in [2.05, 4.69) is 10.3 Å². The molecule has 1 amide bonds. The quantitative estimate of drug-likeness (QED) is 0.913. The highest BCUT2D eigenvalue weighted by Crippen LogP contribution is 2.16. The maximum atomic E-state index is 12.1. The number of hydrogen-bond donors (Lipinski definition) is 1. The fraction of sp³-hybridized carbons (Fsp3) is 0.188. The van der Waals surface area contributed by atoms with E-state index in [1.165, 1.54) is 0 Å². The van der Waals surface area contributed by atoms with E-state index in [1.54, 1.807) is 49.8 Å². The number of ether oxygens (including phenoxy) is 1. The highest BCUT2D eigenvalue weighted by Gasteiger charge is 2.18. The maximum Gasteiger partial charge on any atom is 0.242 e. The van der Waals surface area contributed by atoms with E-state index in [1.807, 2.05) is 12.1 Å². The van der Waals surface area contributed by atoms with E-state index in [0.29, 0.717) is 17.9 Å². The normalized spacial score (nSPS) is 11.2. The van der Waals surface area contributed by atoms with Crippen molar-refractivity contribution in [3.63, 3.8) is 0 Å². The molecule has 2 aromatic rings. The Morgan fingerprint density at radius 2 is 2.14 bits per heavy atom. The van der Waals surface area contributed by atoms with Gasteiger partial charge in [-0.15, -0.1) is 0 Å². The number of hydrogen-bond acceptors (Lipinski definition) is 4. The van der Waals surface area contributed by atoms with Gasteiger partial charge in [0.05, 0.1) is 13.2 Å². The van der Waals surface area contributed by atoms with Gasteiger partial charge in [-0.3, -0.25) is 9.78 Å². The third kappa shape index (κ3) is 4.05. The molecule has 0 saturated heterocycles. The highest BCUT2D eigenvalue weighted by atomic mass is 16.5. The minimum atomic E-state index is -0.753. The van der Waals surface area contributed by atoms with Crippen LogP contribution in [-0.2, 0) is 11.2 Å².